The van der Waals surface area contributed by atoms with Crippen molar-refractivity contribution >= 4 is 0 Å². The molecule has 0 spiro atoms. The minimum atomic E-state index is 0.567. The molecule has 2 nitrogen and oxygen atoms in total. The largest absolute Gasteiger partial charge is 0.330 e. The van der Waals surface area contributed by atoms with Gasteiger partial charge in [-0.15, -0.1) is 0 Å². The number of nitrogens with one attached hydrogen (secondary N) is 1. The van der Waals surface area contributed by atoms with Crippen LogP contribution in [0.3, 0.4) is 0 Å². The summed E-state index contributed by atoms with van der Waals surface area (Å²) in [5.41, 5.74) is 8.47. The summed E-state index contributed by atoms with van der Waals surface area (Å²) < 4.78 is 0. The molecule has 1 aromatic carbocycles. The lowest BCUT2D eigenvalue weighted by atomic mass is 10.1. The van der Waals surface area contributed by atoms with E-state index in [9.17, 15) is 0 Å². The van der Waals surface area contributed by atoms with Gasteiger partial charge in [-0.3, -0.25) is 0 Å². The molecule has 2 rings (SSSR count). The summed E-state index contributed by atoms with van der Waals surface area (Å²) in [5.74, 6) is 0. The summed E-state index contributed by atoms with van der Waals surface area (Å²) in [4.78, 5) is 0. The van der Waals surface area contributed by atoms with E-state index in [2.05, 4.69) is 29.6 Å². The minimum absolute atomic E-state index is 0.567. The molecule has 0 radical (unpaired) electrons. The van der Waals surface area contributed by atoms with Gasteiger partial charge in [-0.2, -0.15) is 0 Å². The molecule has 0 saturated heterocycles. The van der Waals surface area contributed by atoms with Gasteiger partial charge in [0.2, 0.25) is 0 Å². The highest BCUT2D eigenvalue weighted by Crippen LogP contribution is 2.30. The van der Waals surface area contributed by atoms with Gasteiger partial charge in [0.05, 0.1) is 0 Å². The zero-order valence-corrected chi connectivity index (χ0v) is 8.50. The molecule has 14 heavy (non-hydrogen) atoms. The Morgan fingerprint density at radius 2 is 2.21 bits per heavy atom. The summed E-state index contributed by atoms with van der Waals surface area (Å²) in [6, 6.07) is 9.29. The Kier molecular flexibility index (Phi) is 3.17. The van der Waals surface area contributed by atoms with E-state index in [0.29, 0.717) is 6.04 Å². The summed E-state index contributed by atoms with van der Waals surface area (Å²) in [6.07, 6.45) is 3.53. The molecule has 1 aliphatic rings. The Morgan fingerprint density at radius 1 is 1.36 bits per heavy atom. The molecule has 1 unspecified atom stereocenters. The lowest BCUT2D eigenvalue weighted by Gasteiger charge is -2.13. The predicted molar refractivity (Wildman–Crippen MR) is 59.2 cm³/mol. The lowest BCUT2D eigenvalue weighted by Crippen LogP contribution is -2.22. The molecule has 3 N–H and O–H groups in total. The zero-order valence-electron chi connectivity index (χ0n) is 8.50. The van der Waals surface area contributed by atoms with Crippen molar-refractivity contribution in [1.29, 1.82) is 0 Å². The molecule has 0 aromatic heterocycles. The van der Waals surface area contributed by atoms with Crippen molar-refractivity contribution in [1.82, 2.24) is 5.32 Å². The molecule has 1 aromatic rings. The molecule has 76 valence electrons. The van der Waals surface area contributed by atoms with E-state index in [1.165, 1.54) is 24.0 Å². The van der Waals surface area contributed by atoms with E-state index in [1.807, 2.05) is 0 Å². The van der Waals surface area contributed by atoms with E-state index < -0.39 is 0 Å². The van der Waals surface area contributed by atoms with Crippen molar-refractivity contribution in [2.45, 2.75) is 25.3 Å². The molecule has 0 aliphatic heterocycles. The van der Waals surface area contributed by atoms with Crippen LogP contribution in [0, 0.1) is 0 Å². The van der Waals surface area contributed by atoms with Gasteiger partial charge in [0.1, 0.15) is 0 Å². The third kappa shape index (κ3) is 1.97. The normalized spacial score (nSPS) is 19.6. The van der Waals surface area contributed by atoms with Gasteiger partial charge >= 0.3 is 0 Å². The SMILES string of the molecule is NCCCNC1CCc2ccccc21. The topological polar surface area (TPSA) is 38.0 Å². The summed E-state index contributed by atoms with van der Waals surface area (Å²) in [5, 5.41) is 3.56. The Labute approximate surface area is 85.5 Å². The van der Waals surface area contributed by atoms with Crippen LogP contribution in [-0.4, -0.2) is 13.1 Å². The van der Waals surface area contributed by atoms with E-state index >= 15 is 0 Å². The lowest BCUT2D eigenvalue weighted by molar-refractivity contribution is 0.523. The molecule has 2 heteroatoms. The second kappa shape index (κ2) is 4.58. The minimum Gasteiger partial charge on any atom is -0.330 e. The zero-order chi connectivity index (χ0) is 9.80. The fourth-order valence-corrected chi connectivity index (χ4v) is 2.15. The summed E-state index contributed by atoms with van der Waals surface area (Å²) in [6.45, 7) is 1.82. The molecule has 0 fully saturated rings. The molecular formula is C12H18N2. The van der Waals surface area contributed by atoms with E-state index in [0.717, 1.165) is 19.5 Å². The first-order chi connectivity index (χ1) is 6.92. The number of hydrogen-bond acceptors (Lipinski definition) is 2. The molecule has 0 heterocycles. The van der Waals surface area contributed by atoms with Crippen LogP contribution in [0.15, 0.2) is 24.3 Å². The van der Waals surface area contributed by atoms with Gasteiger partial charge in [-0.25, -0.2) is 0 Å². The standard InChI is InChI=1S/C12H18N2/c13-8-3-9-14-12-7-6-10-4-1-2-5-11(10)12/h1-2,4-5,12,14H,3,6-9,13H2. The molecule has 0 saturated carbocycles. The monoisotopic (exact) mass is 190 g/mol. The predicted octanol–water partition coefficient (Wildman–Crippen LogP) is 1.61. The van der Waals surface area contributed by atoms with E-state index in [-0.39, 0.29) is 0 Å². The van der Waals surface area contributed by atoms with Crippen LogP contribution >= 0.6 is 0 Å². The van der Waals surface area contributed by atoms with Gasteiger partial charge in [0.15, 0.2) is 0 Å². The highest BCUT2D eigenvalue weighted by atomic mass is 14.9. The number of fused-ring (bicyclic) bond motifs is 1. The van der Waals surface area contributed by atoms with Crippen LogP contribution in [0.5, 0.6) is 0 Å². The van der Waals surface area contributed by atoms with Crippen LogP contribution in [0.4, 0.5) is 0 Å². The van der Waals surface area contributed by atoms with Gasteiger partial charge in [0, 0.05) is 6.04 Å². The highest BCUT2D eigenvalue weighted by molar-refractivity contribution is 5.34. The Hall–Kier alpha value is -0.860. The number of nitrogens with two attached hydrogens (primary N) is 1. The molecule has 0 bridgehead atoms. The highest BCUT2D eigenvalue weighted by Gasteiger charge is 2.20. The van der Waals surface area contributed by atoms with Crippen molar-refractivity contribution in [2.24, 2.45) is 5.73 Å². The van der Waals surface area contributed by atoms with Crippen molar-refractivity contribution < 1.29 is 0 Å². The third-order valence-corrected chi connectivity index (χ3v) is 2.90. The molecular weight excluding hydrogens is 172 g/mol. The van der Waals surface area contributed by atoms with Crippen LogP contribution in [0.1, 0.15) is 30.0 Å². The maximum Gasteiger partial charge on any atom is 0.0326 e. The fourth-order valence-electron chi connectivity index (χ4n) is 2.15. The van der Waals surface area contributed by atoms with Gasteiger partial charge in [-0.05, 0) is 43.5 Å². The Balaban J connectivity index is 1.96. The third-order valence-electron chi connectivity index (χ3n) is 2.90. The number of aryl methyl sites for hydroxylation is 1. The Morgan fingerprint density at radius 3 is 3.07 bits per heavy atom. The first-order valence-electron chi connectivity index (χ1n) is 5.43. The maximum absolute atomic E-state index is 5.47. The fraction of sp³-hybridized carbons (Fsp3) is 0.500. The van der Waals surface area contributed by atoms with Crippen LogP contribution in [-0.2, 0) is 6.42 Å². The quantitative estimate of drug-likeness (QED) is 0.708. The van der Waals surface area contributed by atoms with Gasteiger partial charge in [0.25, 0.3) is 0 Å². The average molecular weight is 190 g/mol. The van der Waals surface area contributed by atoms with Crippen LogP contribution < -0.4 is 11.1 Å². The first kappa shape index (κ1) is 9.69. The average Bonchev–Trinajstić information content (AvgIpc) is 2.63. The van der Waals surface area contributed by atoms with Crippen molar-refractivity contribution in [3.63, 3.8) is 0 Å². The van der Waals surface area contributed by atoms with Crippen LogP contribution in [0.25, 0.3) is 0 Å². The van der Waals surface area contributed by atoms with Crippen molar-refractivity contribution in [3.8, 4) is 0 Å². The summed E-state index contributed by atoms with van der Waals surface area (Å²) in [7, 11) is 0. The van der Waals surface area contributed by atoms with Gasteiger partial charge < -0.3 is 11.1 Å². The molecule has 1 aliphatic carbocycles. The molecule has 0 amide bonds. The Bertz CT molecular complexity index is 296. The number of benzene rings is 1. The molecule has 1 atom stereocenters. The van der Waals surface area contributed by atoms with Crippen molar-refractivity contribution in [2.75, 3.05) is 13.1 Å². The van der Waals surface area contributed by atoms with E-state index in [1.54, 1.807) is 0 Å². The first-order valence-corrected chi connectivity index (χ1v) is 5.43. The smallest absolute Gasteiger partial charge is 0.0326 e. The van der Waals surface area contributed by atoms with Crippen LogP contribution in [0.2, 0.25) is 0 Å². The van der Waals surface area contributed by atoms with Gasteiger partial charge in [-0.1, -0.05) is 24.3 Å². The second-order valence-electron chi connectivity index (χ2n) is 3.89. The van der Waals surface area contributed by atoms with Crippen molar-refractivity contribution in [3.05, 3.63) is 35.4 Å². The second-order valence-corrected chi connectivity index (χ2v) is 3.89. The maximum atomic E-state index is 5.47. The summed E-state index contributed by atoms with van der Waals surface area (Å²) >= 11 is 0. The van der Waals surface area contributed by atoms with E-state index in [4.69, 9.17) is 5.73 Å². The number of rotatable bonds is 4. The number of hydrogen-bond donors (Lipinski definition) is 2.